The molecule has 594 valence electrons. The Balaban J connectivity index is 5.15. The van der Waals surface area contributed by atoms with Gasteiger partial charge in [-0.3, -0.25) is 37.3 Å². The molecule has 3 N–H and O–H groups in total. The molecule has 0 aliphatic carbocycles. The summed E-state index contributed by atoms with van der Waals surface area (Å²) in [7, 11) is -9.91. The topological polar surface area (TPSA) is 237 Å². The molecule has 0 aliphatic heterocycles. The van der Waals surface area contributed by atoms with Crippen molar-refractivity contribution in [1.29, 1.82) is 0 Å². The zero-order valence-electron chi connectivity index (χ0n) is 65.5. The molecule has 0 radical (unpaired) electrons. The molecule has 0 aromatic carbocycles. The second-order valence-corrected chi connectivity index (χ2v) is 33.0. The summed E-state index contributed by atoms with van der Waals surface area (Å²) in [6.45, 7) is 9.55. The summed E-state index contributed by atoms with van der Waals surface area (Å²) in [5.74, 6) is -0.627. The molecule has 2 unspecified atom stereocenters. The Kier molecular flexibility index (Phi) is 71.2. The van der Waals surface area contributed by atoms with E-state index in [2.05, 4.69) is 41.5 Å². The summed E-state index contributed by atoms with van der Waals surface area (Å²) < 4.78 is 68.5. The lowest BCUT2D eigenvalue weighted by Gasteiger charge is -2.21. The third-order valence-corrected chi connectivity index (χ3v) is 20.9. The molecule has 100 heavy (non-hydrogen) atoms. The van der Waals surface area contributed by atoms with Crippen LogP contribution in [0.3, 0.4) is 0 Å². The zero-order valence-corrected chi connectivity index (χ0v) is 67.3. The second kappa shape index (κ2) is 72.6. The molecule has 0 spiro atoms. The van der Waals surface area contributed by atoms with E-state index in [1.807, 2.05) is 0 Å². The number of phosphoric ester groups is 2. The number of ether oxygens (including phenoxy) is 4. The minimum atomic E-state index is -4.96. The molecule has 0 saturated heterocycles. The molecule has 0 aliphatic rings. The van der Waals surface area contributed by atoms with Crippen molar-refractivity contribution in [2.75, 3.05) is 39.6 Å². The van der Waals surface area contributed by atoms with Gasteiger partial charge in [-0.05, 0) is 37.5 Å². The number of hydrogen-bond acceptors (Lipinski definition) is 15. The van der Waals surface area contributed by atoms with Gasteiger partial charge in [0.15, 0.2) is 12.2 Å². The average Bonchev–Trinajstić information content (AvgIpc) is 1.13. The molecule has 0 fully saturated rings. The van der Waals surface area contributed by atoms with Gasteiger partial charge in [-0.1, -0.05) is 375 Å². The molecule has 0 heterocycles. The van der Waals surface area contributed by atoms with E-state index < -0.39 is 97.5 Å². The van der Waals surface area contributed by atoms with Gasteiger partial charge in [0.1, 0.15) is 19.3 Å². The molecule has 5 atom stereocenters. The molecule has 0 saturated carbocycles. The van der Waals surface area contributed by atoms with E-state index in [9.17, 15) is 43.2 Å². The van der Waals surface area contributed by atoms with Crippen molar-refractivity contribution >= 4 is 39.5 Å². The molecule has 0 aromatic rings. The van der Waals surface area contributed by atoms with Gasteiger partial charge >= 0.3 is 39.5 Å². The lowest BCUT2D eigenvalue weighted by Crippen LogP contribution is -2.30. The van der Waals surface area contributed by atoms with E-state index in [1.165, 1.54) is 244 Å². The van der Waals surface area contributed by atoms with Crippen molar-refractivity contribution in [3.63, 3.8) is 0 Å². The van der Waals surface area contributed by atoms with Crippen LogP contribution in [0.5, 0.6) is 0 Å². The van der Waals surface area contributed by atoms with E-state index in [1.54, 1.807) is 0 Å². The SMILES string of the molecule is CCCCCCCCCCCCCCCCCCCCCCCC(=O)OC[C@H](COP(=O)(O)OC[C@@H](O)COP(=O)(O)OC[C@@H](COC(=O)CCCCCCCCCCC)OC(=O)CCCCCCCCC(C)C)OC(=O)CCCCCCCCCCCCCCCCCCCCC(C)C. The number of hydrogen-bond donors (Lipinski definition) is 3. The van der Waals surface area contributed by atoms with Gasteiger partial charge in [0.25, 0.3) is 0 Å². The largest absolute Gasteiger partial charge is 0.472 e. The van der Waals surface area contributed by atoms with Crippen molar-refractivity contribution in [2.24, 2.45) is 11.8 Å². The van der Waals surface area contributed by atoms with E-state index >= 15 is 0 Å². The Labute approximate surface area is 613 Å². The Morgan fingerprint density at radius 2 is 0.460 bits per heavy atom. The van der Waals surface area contributed by atoms with E-state index in [-0.39, 0.29) is 25.7 Å². The molecular formula is C81H158O17P2. The number of carbonyl (C=O) groups excluding carboxylic acids is 4. The maximum absolute atomic E-state index is 13.1. The Bertz CT molecular complexity index is 1920. The highest BCUT2D eigenvalue weighted by atomic mass is 31.2. The first-order chi connectivity index (χ1) is 48.4. The van der Waals surface area contributed by atoms with Crippen LogP contribution >= 0.6 is 15.6 Å². The van der Waals surface area contributed by atoms with Crippen LogP contribution in [0.2, 0.25) is 0 Å². The first kappa shape index (κ1) is 98.1. The van der Waals surface area contributed by atoms with Gasteiger partial charge < -0.3 is 33.8 Å². The Morgan fingerprint density at radius 1 is 0.270 bits per heavy atom. The van der Waals surface area contributed by atoms with Crippen LogP contribution in [-0.4, -0.2) is 96.7 Å². The third-order valence-electron chi connectivity index (χ3n) is 19.0. The van der Waals surface area contributed by atoms with Gasteiger partial charge in [0.05, 0.1) is 26.4 Å². The molecule has 0 rings (SSSR count). The minimum absolute atomic E-state index is 0.102. The van der Waals surface area contributed by atoms with E-state index in [4.69, 9.17) is 37.0 Å². The highest BCUT2D eigenvalue weighted by Gasteiger charge is 2.30. The summed E-state index contributed by atoms with van der Waals surface area (Å²) in [5.41, 5.74) is 0. The summed E-state index contributed by atoms with van der Waals surface area (Å²) in [5, 5.41) is 10.6. The van der Waals surface area contributed by atoms with Crippen LogP contribution in [0, 0.1) is 11.8 Å². The number of phosphoric acid groups is 2. The van der Waals surface area contributed by atoms with E-state index in [0.717, 1.165) is 95.8 Å². The maximum Gasteiger partial charge on any atom is 0.472 e. The maximum atomic E-state index is 13.1. The summed E-state index contributed by atoms with van der Waals surface area (Å²) >= 11 is 0. The van der Waals surface area contributed by atoms with Crippen molar-refractivity contribution in [3.05, 3.63) is 0 Å². The van der Waals surface area contributed by atoms with Gasteiger partial charge in [-0.2, -0.15) is 0 Å². The second-order valence-electron chi connectivity index (χ2n) is 30.1. The summed E-state index contributed by atoms with van der Waals surface area (Å²) in [6, 6.07) is 0. The number of aliphatic hydroxyl groups is 1. The fourth-order valence-electron chi connectivity index (χ4n) is 12.5. The lowest BCUT2D eigenvalue weighted by atomic mass is 10.0. The number of esters is 4. The first-order valence-corrected chi connectivity index (χ1v) is 45.0. The number of aliphatic hydroxyl groups excluding tert-OH is 1. The molecule has 19 heteroatoms. The van der Waals surface area contributed by atoms with Crippen molar-refractivity contribution in [3.8, 4) is 0 Å². The lowest BCUT2D eigenvalue weighted by molar-refractivity contribution is -0.161. The van der Waals surface area contributed by atoms with Gasteiger partial charge in [0, 0.05) is 25.7 Å². The van der Waals surface area contributed by atoms with Crippen molar-refractivity contribution in [1.82, 2.24) is 0 Å². The third kappa shape index (κ3) is 74.3. The average molecular weight is 1470 g/mol. The Hall–Kier alpha value is -1.94. The highest BCUT2D eigenvalue weighted by Crippen LogP contribution is 2.45. The Morgan fingerprint density at radius 3 is 0.680 bits per heavy atom. The van der Waals surface area contributed by atoms with Crippen LogP contribution in [0.15, 0.2) is 0 Å². The van der Waals surface area contributed by atoms with Crippen molar-refractivity contribution in [2.45, 2.75) is 445 Å². The monoisotopic (exact) mass is 1470 g/mol. The number of unbranched alkanes of at least 4 members (excludes halogenated alkanes) is 50. The van der Waals surface area contributed by atoms with Crippen LogP contribution in [0.4, 0.5) is 0 Å². The fourth-order valence-corrected chi connectivity index (χ4v) is 14.1. The summed E-state index contributed by atoms with van der Waals surface area (Å²) in [6.07, 6.45) is 63.0. The molecular weight excluding hydrogens is 1310 g/mol. The normalized spacial score (nSPS) is 13.9. The number of rotatable bonds is 80. The summed E-state index contributed by atoms with van der Waals surface area (Å²) in [4.78, 5) is 72.8. The number of carbonyl (C=O) groups is 4. The van der Waals surface area contributed by atoms with E-state index in [0.29, 0.717) is 31.6 Å². The van der Waals surface area contributed by atoms with Crippen molar-refractivity contribution < 1.29 is 80.2 Å². The molecule has 0 bridgehead atoms. The van der Waals surface area contributed by atoms with Gasteiger partial charge in [-0.25, -0.2) is 9.13 Å². The van der Waals surface area contributed by atoms with Crippen LogP contribution in [-0.2, 0) is 65.4 Å². The fraction of sp³-hybridized carbons (Fsp3) is 0.951. The molecule has 0 aromatic heterocycles. The standard InChI is InChI=1S/C81H158O17P2/c1-7-9-11-13-15-17-18-19-20-21-22-23-24-28-31-34-37-41-45-52-58-64-79(84)92-69-76(97-80(85)65-59-53-46-42-38-35-32-29-26-25-27-30-33-36-40-43-49-55-61-73(3)4)71-95-99(87,88)93-67-75(82)68-94-100(89,90)96-72-77(98-81(86)66-60-54-48-47-50-56-62-74(5)6)70-91-78(83)63-57-51-44-39-16-14-12-10-8-2/h73-77,82H,7-72H2,1-6H3,(H,87,88)(H,89,90)/t75-,76-,77-/m1/s1. The zero-order chi connectivity index (χ0) is 73.5. The van der Waals surface area contributed by atoms with Crippen LogP contribution < -0.4 is 0 Å². The van der Waals surface area contributed by atoms with Crippen LogP contribution in [0.1, 0.15) is 427 Å². The minimum Gasteiger partial charge on any atom is -0.462 e. The smallest absolute Gasteiger partial charge is 0.462 e. The molecule has 17 nitrogen and oxygen atoms in total. The quantitative estimate of drug-likeness (QED) is 0.0222. The predicted octanol–water partition coefficient (Wildman–Crippen LogP) is 24.3. The van der Waals surface area contributed by atoms with Gasteiger partial charge in [-0.15, -0.1) is 0 Å². The highest BCUT2D eigenvalue weighted by molar-refractivity contribution is 7.47. The van der Waals surface area contributed by atoms with Crippen LogP contribution in [0.25, 0.3) is 0 Å². The molecule has 0 amide bonds. The first-order valence-electron chi connectivity index (χ1n) is 42.0. The van der Waals surface area contributed by atoms with Gasteiger partial charge in [0.2, 0.25) is 0 Å². The predicted molar refractivity (Wildman–Crippen MR) is 409 cm³/mol.